The first-order chi connectivity index (χ1) is 12.0. The van der Waals surface area contributed by atoms with Crippen molar-refractivity contribution >= 4 is 35.8 Å². The van der Waals surface area contributed by atoms with Crippen LogP contribution in [0.4, 0.5) is 4.39 Å². The maximum Gasteiger partial charge on any atom is 0.217 e. The first-order valence-electron chi connectivity index (χ1n) is 8.75. The van der Waals surface area contributed by atoms with Crippen molar-refractivity contribution in [1.82, 2.24) is 10.2 Å². The lowest BCUT2D eigenvalue weighted by atomic mass is 9.95. The van der Waals surface area contributed by atoms with Crippen LogP contribution >= 0.6 is 24.0 Å². The lowest BCUT2D eigenvalue weighted by Gasteiger charge is -2.34. The minimum Gasteiger partial charge on any atom is -0.386 e. The number of aliphatic hydroxyl groups is 1. The Bertz CT molecular complexity index is 615. The maximum absolute atomic E-state index is 13.8. The predicted molar refractivity (Wildman–Crippen MR) is 111 cm³/mol. The summed E-state index contributed by atoms with van der Waals surface area (Å²) in [6.07, 6.45) is 1.30. The Labute approximate surface area is 171 Å². The molecular formula is C18H28FIN4O2. The summed E-state index contributed by atoms with van der Waals surface area (Å²) in [6, 6.07) is 6.17. The van der Waals surface area contributed by atoms with Crippen LogP contribution in [-0.2, 0) is 4.79 Å². The molecule has 1 aliphatic rings. The highest BCUT2D eigenvalue weighted by atomic mass is 127. The summed E-state index contributed by atoms with van der Waals surface area (Å²) in [6.45, 7) is 4.25. The van der Waals surface area contributed by atoms with Gasteiger partial charge >= 0.3 is 0 Å². The number of benzene rings is 1. The van der Waals surface area contributed by atoms with E-state index in [-0.39, 0.29) is 47.9 Å². The van der Waals surface area contributed by atoms with Gasteiger partial charge in [0.15, 0.2) is 5.96 Å². The molecule has 4 N–H and O–H groups in total. The Morgan fingerprint density at radius 3 is 2.88 bits per heavy atom. The van der Waals surface area contributed by atoms with Crippen LogP contribution in [0.5, 0.6) is 0 Å². The van der Waals surface area contributed by atoms with Crippen LogP contribution in [-0.4, -0.2) is 48.1 Å². The molecule has 8 heteroatoms. The maximum atomic E-state index is 13.8. The van der Waals surface area contributed by atoms with Crippen molar-refractivity contribution in [2.45, 2.75) is 32.3 Å². The molecule has 1 fully saturated rings. The number of likely N-dealkylation sites (tertiary alicyclic amines) is 1. The number of nitrogens with two attached hydrogens (primary N) is 1. The van der Waals surface area contributed by atoms with Gasteiger partial charge in [-0.05, 0) is 31.7 Å². The van der Waals surface area contributed by atoms with Gasteiger partial charge in [-0.1, -0.05) is 18.2 Å². The predicted octanol–water partition coefficient (Wildman–Crippen LogP) is 2.03. The summed E-state index contributed by atoms with van der Waals surface area (Å²) < 4.78 is 13.8. The standard InChI is InChI=1S/C18H27FN4O2.HI/c1-2-21-18(23-9-5-6-13(12-23)10-17(20)25)22-11-16(24)14-7-3-4-8-15(14)19;/h3-4,7-8,13,16,24H,2,5-6,9-12H2,1H3,(H2,20,25)(H,21,22);1H. The van der Waals surface area contributed by atoms with E-state index in [1.807, 2.05) is 6.92 Å². The summed E-state index contributed by atoms with van der Waals surface area (Å²) in [5, 5.41) is 13.4. The van der Waals surface area contributed by atoms with E-state index in [0.717, 1.165) is 19.4 Å². The number of halogens is 2. The van der Waals surface area contributed by atoms with Crippen molar-refractivity contribution in [3.8, 4) is 0 Å². The third kappa shape index (κ3) is 6.71. The molecule has 6 nitrogen and oxygen atoms in total. The molecule has 1 amide bonds. The van der Waals surface area contributed by atoms with E-state index in [1.54, 1.807) is 18.2 Å². The molecule has 2 unspecified atom stereocenters. The van der Waals surface area contributed by atoms with E-state index in [4.69, 9.17) is 5.73 Å². The second-order valence-electron chi connectivity index (χ2n) is 6.36. The number of aliphatic hydroxyl groups excluding tert-OH is 1. The fraction of sp³-hybridized carbons (Fsp3) is 0.556. The number of aliphatic imine (C=N–C) groups is 1. The Balaban J connectivity index is 0.00000338. The second-order valence-corrected chi connectivity index (χ2v) is 6.36. The van der Waals surface area contributed by atoms with E-state index in [1.165, 1.54) is 6.07 Å². The number of guanidine groups is 1. The lowest BCUT2D eigenvalue weighted by molar-refractivity contribution is -0.119. The normalized spacial score (nSPS) is 18.8. The number of hydrogen-bond acceptors (Lipinski definition) is 3. The molecule has 1 aliphatic heterocycles. The van der Waals surface area contributed by atoms with Gasteiger partial charge in [0.2, 0.25) is 5.91 Å². The average Bonchev–Trinajstić information content (AvgIpc) is 2.58. The van der Waals surface area contributed by atoms with Crippen molar-refractivity contribution in [1.29, 1.82) is 0 Å². The molecule has 2 atom stereocenters. The van der Waals surface area contributed by atoms with Crippen LogP contribution in [0.2, 0.25) is 0 Å². The van der Waals surface area contributed by atoms with E-state index in [2.05, 4.69) is 15.2 Å². The number of carbonyl (C=O) groups excluding carboxylic acids is 1. The zero-order chi connectivity index (χ0) is 18.2. The smallest absolute Gasteiger partial charge is 0.217 e. The summed E-state index contributed by atoms with van der Waals surface area (Å²) in [5.74, 6) is 0.164. The van der Waals surface area contributed by atoms with Gasteiger partial charge in [0.05, 0.1) is 6.54 Å². The summed E-state index contributed by atoms with van der Waals surface area (Å²) in [4.78, 5) is 17.7. The molecule has 0 aromatic heterocycles. The molecule has 1 heterocycles. The van der Waals surface area contributed by atoms with Crippen LogP contribution < -0.4 is 11.1 Å². The first-order valence-corrected chi connectivity index (χ1v) is 8.75. The summed E-state index contributed by atoms with van der Waals surface area (Å²) >= 11 is 0. The first kappa shape index (κ1) is 22.6. The van der Waals surface area contributed by atoms with Crippen LogP contribution in [0.25, 0.3) is 0 Å². The van der Waals surface area contributed by atoms with Crippen LogP contribution in [0, 0.1) is 11.7 Å². The molecule has 0 spiro atoms. The number of carbonyl (C=O) groups is 1. The Kier molecular flexibility index (Phi) is 9.85. The molecule has 1 saturated heterocycles. The SMILES string of the molecule is CCNC(=NCC(O)c1ccccc1F)N1CCCC(CC(N)=O)C1.I. The Morgan fingerprint density at radius 2 is 2.23 bits per heavy atom. The number of hydrogen-bond donors (Lipinski definition) is 3. The van der Waals surface area contributed by atoms with E-state index >= 15 is 0 Å². The van der Waals surface area contributed by atoms with Gasteiger partial charge in [-0.25, -0.2) is 4.39 Å². The Hall–Kier alpha value is -1.42. The van der Waals surface area contributed by atoms with E-state index in [9.17, 15) is 14.3 Å². The molecule has 0 saturated carbocycles. The number of nitrogens with zero attached hydrogens (tertiary/aromatic N) is 2. The molecule has 0 aliphatic carbocycles. The number of primary amides is 1. The number of piperidine rings is 1. The molecule has 0 bridgehead atoms. The average molecular weight is 478 g/mol. The second kappa shape index (κ2) is 11.3. The zero-order valence-electron chi connectivity index (χ0n) is 15.0. The monoisotopic (exact) mass is 478 g/mol. The van der Waals surface area contributed by atoms with Gasteiger partial charge in [0, 0.05) is 31.6 Å². The van der Waals surface area contributed by atoms with Crippen molar-refractivity contribution in [3.05, 3.63) is 35.6 Å². The summed E-state index contributed by atoms with van der Waals surface area (Å²) in [5.41, 5.74) is 5.55. The Morgan fingerprint density at radius 1 is 1.50 bits per heavy atom. The van der Waals surface area contributed by atoms with Gasteiger partial charge in [-0.15, -0.1) is 24.0 Å². The van der Waals surface area contributed by atoms with Crippen molar-refractivity contribution in [3.63, 3.8) is 0 Å². The van der Waals surface area contributed by atoms with E-state index in [0.29, 0.717) is 25.5 Å². The molecule has 1 aromatic rings. The van der Waals surface area contributed by atoms with Crippen molar-refractivity contribution < 1.29 is 14.3 Å². The largest absolute Gasteiger partial charge is 0.386 e. The van der Waals surface area contributed by atoms with Crippen LogP contribution in [0.3, 0.4) is 0 Å². The third-order valence-corrected chi connectivity index (χ3v) is 4.32. The molecule has 146 valence electrons. The topological polar surface area (TPSA) is 91.0 Å². The molecular weight excluding hydrogens is 450 g/mol. The van der Waals surface area contributed by atoms with Crippen LogP contribution in [0.15, 0.2) is 29.3 Å². The van der Waals surface area contributed by atoms with Crippen molar-refractivity contribution in [2.24, 2.45) is 16.6 Å². The number of rotatable bonds is 6. The minimum absolute atomic E-state index is 0. The van der Waals surface area contributed by atoms with Gasteiger partial charge in [0.25, 0.3) is 0 Å². The molecule has 26 heavy (non-hydrogen) atoms. The fourth-order valence-electron chi connectivity index (χ4n) is 3.15. The van der Waals surface area contributed by atoms with Gasteiger partial charge in [-0.2, -0.15) is 0 Å². The third-order valence-electron chi connectivity index (χ3n) is 4.32. The summed E-state index contributed by atoms with van der Waals surface area (Å²) in [7, 11) is 0. The van der Waals surface area contributed by atoms with Crippen LogP contribution in [0.1, 0.15) is 37.9 Å². The molecule has 0 radical (unpaired) electrons. The van der Waals surface area contributed by atoms with Gasteiger partial charge in [0.1, 0.15) is 11.9 Å². The number of amides is 1. The molecule has 2 rings (SSSR count). The van der Waals surface area contributed by atoms with E-state index < -0.39 is 11.9 Å². The highest BCUT2D eigenvalue weighted by Gasteiger charge is 2.24. The molecule has 1 aromatic carbocycles. The van der Waals surface area contributed by atoms with Crippen molar-refractivity contribution in [2.75, 3.05) is 26.2 Å². The zero-order valence-corrected chi connectivity index (χ0v) is 17.4. The lowest BCUT2D eigenvalue weighted by Crippen LogP contribution is -2.47. The highest BCUT2D eigenvalue weighted by molar-refractivity contribution is 14.0. The van der Waals surface area contributed by atoms with Gasteiger partial charge < -0.3 is 21.1 Å². The quantitative estimate of drug-likeness (QED) is 0.332. The van der Waals surface area contributed by atoms with Gasteiger partial charge in [-0.3, -0.25) is 9.79 Å². The number of nitrogens with one attached hydrogen (secondary N) is 1. The minimum atomic E-state index is -0.999. The fourth-order valence-corrected chi connectivity index (χ4v) is 3.15. The highest BCUT2D eigenvalue weighted by Crippen LogP contribution is 2.20.